The fourth-order valence-electron chi connectivity index (χ4n) is 0.526. The van der Waals surface area contributed by atoms with Crippen LogP contribution in [-0.2, 0) is 4.74 Å². The minimum atomic E-state index is -0.367. The molecule has 0 saturated carbocycles. The molecule has 0 aliphatic rings. The number of hydrogen-bond acceptors (Lipinski definition) is 3. The Bertz CT molecular complexity index is 115. The van der Waals surface area contributed by atoms with E-state index in [2.05, 4.69) is 5.32 Å². The van der Waals surface area contributed by atoms with Crippen molar-refractivity contribution >= 4 is 6.09 Å². The SMILES string of the molecule is CC(C)NC(=O)OCCCN. The van der Waals surface area contributed by atoms with Gasteiger partial charge in [-0.15, -0.1) is 0 Å². The van der Waals surface area contributed by atoms with Crippen molar-refractivity contribution in [1.29, 1.82) is 0 Å². The van der Waals surface area contributed by atoms with Crippen molar-refractivity contribution in [2.75, 3.05) is 13.2 Å². The maximum Gasteiger partial charge on any atom is 0.407 e. The summed E-state index contributed by atoms with van der Waals surface area (Å²) in [6.45, 7) is 4.71. The molecule has 0 fully saturated rings. The molecule has 4 heteroatoms. The van der Waals surface area contributed by atoms with Crippen LogP contribution >= 0.6 is 0 Å². The summed E-state index contributed by atoms with van der Waals surface area (Å²) in [5.41, 5.74) is 5.20. The number of carbonyl (C=O) groups is 1. The number of hydrogen-bond donors (Lipinski definition) is 2. The maximum atomic E-state index is 10.8. The zero-order valence-electron chi connectivity index (χ0n) is 7.09. The molecule has 4 nitrogen and oxygen atoms in total. The van der Waals surface area contributed by atoms with E-state index in [0.717, 1.165) is 0 Å². The zero-order valence-corrected chi connectivity index (χ0v) is 7.09. The van der Waals surface area contributed by atoms with Crippen LogP contribution in [0.4, 0.5) is 4.79 Å². The quantitative estimate of drug-likeness (QED) is 0.587. The molecule has 0 saturated heterocycles. The molecule has 0 radical (unpaired) electrons. The molecule has 0 heterocycles. The number of nitrogens with one attached hydrogen (secondary N) is 1. The van der Waals surface area contributed by atoms with Crippen LogP contribution in [0, 0.1) is 0 Å². The molecule has 0 spiro atoms. The van der Waals surface area contributed by atoms with Crippen LogP contribution in [0.5, 0.6) is 0 Å². The van der Waals surface area contributed by atoms with E-state index in [0.29, 0.717) is 19.6 Å². The van der Waals surface area contributed by atoms with Gasteiger partial charge in [0.25, 0.3) is 0 Å². The average molecular weight is 160 g/mol. The van der Waals surface area contributed by atoms with Gasteiger partial charge in [-0.1, -0.05) is 0 Å². The predicted octanol–water partition coefficient (Wildman–Crippen LogP) is 0.470. The molecule has 0 aromatic rings. The Morgan fingerprint density at radius 2 is 2.27 bits per heavy atom. The topological polar surface area (TPSA) is 64.3 Å². The molecule has 66 valence electrons. The third-order valence-corrected chi connectivity index (χ3v) is 0.988. The summed E-state index contributed by atoms with van der Waals surface area (Å²) in [5.74, 6) is 0. The van der Waals surface area contributed by atoms with E-state index >= 15 is 0 Å². The average Bonchev–Trinajstić information content (AvgIpc) is 1.86. The van der Waals surface area contributed by atoms with Crippen molar-refractivity contribution in [3.05, 3.63) is 0 Å². The molecule has 0 aliphatic heterocycles. The minimum absolute atomic E-state index is 0.125. The minimum Gasteiger partial charge on any atom is -0.450 e. The van der Waals surface area contributed by atoms with Crippen LogP contribution in [0.2, 0.25) is 0 Å². The lowest BCUT2D eigenvalue weighted by Crippen LogP contribution is -2.31. The van der Waals surface area contributed by atoms with Crippen molar-refractivity contribution in [2.45, 2.75) is 26.3 Å². The molecule has 1 amide bonds. The number of carbonyl (C=O) groups excluding carboxylic acids is 1. The molecule has 0 atom stereocenters. The fourth-order valence-corrected chi connectivity index (χ4v) is 0.526. The highest BCUT2D eigenvalue weighted by Crippen LogP contribution is 1.84. The third-order valence-electron chi connectivity index (χ3n) is 0.988. The molecular formula is C7H16N2O2. The highest BCUT2D eigenvalue weighted by molar-refractivity contribution is 5.67. The molecule has 11 heavy (non-hydrogen) atoms. The lowest BCUT2D eigenvalue weighted by molar-refractivity contribution is 0.143. The van der Waals surface area contributed by atoms with Crippen LogP contribution in [0.3, 0.4) is 0 Å². The second-order valence-electron chi connectivity index (χ2n) is 2.58. The van der Waals surface area contributed by atoms with Crippen LogP contribution < -0.4 is 11.1 Å². The van der Waals surface area contributed by atoms with Gasteiger partial charge >= 0.3 is 6.09 Å². The van der Waals surface area contributed by atoms with E-state index in [-0.39, 0.29) is 12.1 Å². The van der Waals surface area contributed by atoms with Crippen molar-refractivity contribution in [3.8, 4) is 0 Å². The van der Waals surface area contributed by atoms with Gasteiger partial charge in [-0.3, -0.25) is 0 Å². The highest BCUT2D eigenvalue weighted by atomic mass is 16.5. The van der Waals surface area contributed by atoms with E-state index in [1.54, 1.807) is 0 Å². The van der Waals surface area contributed by atoms with E-state index < -0.39 is 0 Å². The molecule has 3 N–H and O–H groups in total. The first-order valence-electron chi connectivity index (χ1n) is 3.80. The van der Waals surface area contributed by atoms with Gasteiger partial charge in [0.05, 0.1) is 6.61 Å². The normalized spacial score (nSPS) is 9.82. The number of nitrogens with two attached hydrogens (primary N) is 1. The lowest BCUT2D eigenvalue weighted by Gasteiger charge is -2.08. The molecule has 0 aromatic heterocycles. The van der Waals surface area contributed by atoms with E-state index in [4.69, 9.17) is 10.5 Å². The Kier molecular flexibility index (Phi) is 5.56. The summed E-state index contributed by atoms with van der Waals surface area (Å²) in [6, 6.07) is 0.125. The van der Waals surface area contributed by atoms with Gasteiger partial charge in [0.15, 0.2) is 0 Å². The van der Waals surface area contributed by atoms with Gasteiger partial charge in [0, 0.05) is 6.04 Å². The van der Waals surface area contributed by atoms with Gasteiger partial charge in [-0.2, -0.15) is 0 Å². The summed E-state index contributed by atoms with van der Waals surface area (Å²) in [4.78, 5) is 10.8. The van der Waals surface area contributed by atoms with Crippen LogP contribution in [0.1, 0.15) is 20.3 Å². The molecule has 0 aliphatic carbocycles. The standard InChI is InChI=1S/C7H16N2O2/c1-6(2)9-7(10)11-5-3-4-8/h6H,3-5,8H2,1-2H3,(H,9,10). The first kappa shape index (κ1) is 10.2. The van der Waals surface area contributed by atoms with Gasteiger partial charge in [-0.05, 0) is 26.8 Å². The summed E-state index contributed by atoms with van der Waals surface area (Å²) in [5, 5.41) is 2.60. The van der Waals surface area contributed by atoms with Crippen LogP contribution in [-0.4, -0.2) is 25.3 Å². The van der Waals surface area contributed by atoms with E-state index in [1.807, 2.05) is 13.8 Å². The first-order valence-corrected chi connectivity index (χ1v) is 3.80. The zero-order chi connectivity index (χ0) is 8.69. The Morgan fingerprint density at radius 1 is 1.64 bits per heavy atom. The van der Waals surface area contributed by atoms with Crippen LogP contribution in [0.25, 0.3) is 0 Å². The molecule has 0 unspecified atom stereocenters. The first-order chi connectivity index (χ1) is 5.16. The molecular weight excluding hydrogens is 144 g/mol. The van der Waals surface area contributed by atoms with Crippen molar-refractivity contribution in [1.82, 2.24) is 5.32 Å². The van der Waals surface area contributed by atoms with Crippen molar-refractivity contribution in [2.24, 2.45) is 5.73 Å². The Hall–Kier alpha value is -0.770. The van der Waals surface area contributed by atoms with Gasteiger partial charge in [0.1, 0.15) is 0 Å². The summed E-state index contributed by atoms with van der Waals surface area (Å²) in [7, 11) is 0. The second-order valence-corrected chi connectivity index (χ2v) is 2.58. The summed E-state index contributed by atoms with van der Waals surface area (Å²) >= 11 is 0. The third kappa shape index (κ3) is 7.12. The summed E-state index contributed by atoms with van der Waals surface area (Å²) in [6.07, 6.45) is 0.347. The number of rotatable bonds is 4. The van der Waals surface area contributed by atoms with Gasteiger partial charge < -0.3 is 15.8 Å². The molecule has 0 bridgehead atoms. The van der Waals surface area contributed by atoms with Gasteiger partial charge in [-0.25, -0.2) is 4.79 Å². The largest absolute Gasteiger partial charge is 0.450 e. The number of amides is 1. The number of alkyl carbamates (subject to hydrolysis) is 1. The summed E-state index contributed by atoms with van der Waals surface area (Å²) < 4.78 is 4.76. The highest BCUT2D eigenvalue weighted by Gasteiger charge is 2.01. The Balaban J connectivity index is 3.23. The maximum absolute atomic E-state index is 10.8. The van der Waals surface area contributed by atoms with Crippen molar-refractivity contribution in [3.63, 3.8) is 0 Å². The molecule has 0 rings (SSSR count). The molecule has 0 aromatic carbocycles. The number of ether oxygens (including phenoxy) is 1. The van der Waals surface area contributed by atoms with Gasteiger partial charge in [0.2, 0.25) is 0 Å². The van der Waals surface area contributed by atoms with E-state index in [1.165, 1.54) is 0 Å². The second kappa shape index (κ2) is 5.97. The monoisotopic (exact) mass is 160 g/mol. The Morgan fingerprint density at radius 3 is 2.73 bits per heavy atom. The smallest absolute Gasteiger partial charge is 0.407 e. The predicted molar refractivity (Wildman–Crippen MR) is 43.3 cm³/mol. The van der Waals surface area contributed by atoms with Crippen molar-refractivity contribution < 1.29 is 9.53 Å². The van der Waals surface area contributed by atoms with E-state index in [9.17, 15) is 4.79 Å². The van der Waals surface area contributed by atoms with Crippen LogP contribution in [0.15, 0.2) is 0 Å². The fraction of sp³-hybridized carbons (Fsp3) is 0.857. The lowest BCUT2D eigenvalue weighted by atomic mass is 10.4. The Labute approximate surface area is 67.1 Å².